The van der Waals surface area contributed by atoms with E-state index in [9.17, 15) is 0 Å². The van der Waals surface area contributed by atoms with Crippen LogP contribution in [0.5, 0.6) is 0 Å². The first-order chi connectivity index (χ1) is 20.2. The minimum atomic E-state index is 0.0639. The average molecular weight is 608 g/mol. The van der Waals surface area contributed by atoms with Crippen molar-refractivity contribution in [2.45, 2.75) is 131 Å². The van der Waals surface area contributed by atoms with Gasteiger partial charge in [0, 0.05) is 21.7 Å². The van der Waals surface area contributed by atoms with Crippen molar-refractivity contribution in [2.24, 2.45) is 5.92 Å². The lowest BCUT2D eigenvalue weighted by Crippen LogP contribution is -2.22. The third kappa shape index (κ3) is 6.57. The standard InChI is InChI=1S/C42H57NS/c1-27-16-14-19-36-38(27)44-26-43(36)37-34(28-20-30(39(2,3)4)24-31(21-28)40(5,6)7)17-15-18-35(37)29-22-32(41(8,9)10)25-33(23-29)42(11,12)13/h15,17-18,20-25,27H,14,16,19,26H2,1-13H3. The van der Waals surface area contributed by atoms with Crippen LogP contribution in [0, 0.1) is 5.92 Å². The Morgan fingerprint density at radius 3 is 1.41 bits per heavy atom. The highest BCUT2D eigenvalue weighted by atomic mass is 32.2. The molecule has 44 heavy (non-hydrogen) atoms. The van der Waals surface area contributed by atoms with Crippen LogP contribution in [-0.2, 0) is 21.7 Å². The highest BCUT2D eigenvalue weighted by Gasteiger charge is 2.34. The summed E-state index contributed by atoms with van der Waals surface area (Å²) in [6, 6.07) is 21.9. The van der Waals surface area contributed by atoms with E-state index in [-0.39, 0.29) is 21.7 Å². The molecule has 1 heterocycles. The largest absolute Gasteiger partial charge is 0.333 e. The number of hydrogen-bond acceptors (Lipinski definition) is 2. The number of nitrogens with zero attached hydrogens (tertiary/aromatic N) is 1. The van der Waals surface area contributed by atoms with Crippen LogP contribution in [0.2, 0.25) is 0 Å². The second kappa shape index (κ2) is 11.4. The summed E-state index contributed by atoms with van der Waals surface area (Å²) in [5, 5.41) is 0. The fraction of sp³-hybridized carbons (Fsp3) is 0.524. The van der Waals surface area contributed by atoms with E-state index in [1.54, 1.807) is 10.6 Å². The van der Waals surface area contributed by atoms with Gasteiger partial charge in [-0.05, 0) is 80.2 Å². The van der Waals surface area contributed by atoms with Crippen LogP contribution in [0.15, 0.2) is 65.2 Å². The van der Waals surface area contributed by atoms with Gasteiger partial charge in [0.05, 0.1) is 11.6 Å². The summed E-state index contributed by atoms with van der Waals surface area (Å²) in [4.78, 5) is 4.33. The molecule has 2 aliphatic rings. The molecule has 0 aromatic heterocycles. The Bertz CT molecular complexity index is 1420. The van der Waals surface area contributed by atoms with Crippen LogP contribution in [0.1, 0.15) is 132 Å². The molecule has 0 radical (unpaired) electrons. The average Bonchev–Trinajstić information content (AvgIpc) is 3.35. The van der Waals surface area contributed by atoms with Gasteiger partial charge >= 0.3 is 0 Å². The van der Waals surface area contributed by atoms with E-state index in [1.165, 1.54) is 69.5 Å². The normalized spacial score (nSPS) is 18.2. The molecule has 2 heteroatoms. The maximum absolute atomic E-state index is 2.71. The topological polar surface area (TPSA) is 3.24 Å². The smallest absolute Gasteiger partial charge is 0.0729 e. The number of allylic oxidation sites excluding steroid dienone is 2. The summed E-state index contributed by atoms with van der Waals surface area (Å²) >= 11 is 2.08. The molecule has 1 unspecified atom stereocenters. The van der Waals surface area contributed by atoms with Crippen LogP contribution < -0.4 is 4.90 Å². The molecule has 0 bridgehead atoms. The molecule has 0 amide bonds. The van der Waals surface area contributed by atoms with Gasteiger partial charge in [-0.25, -0.2) is 0 Å². The van der Waals surface area contributed by atoms with Gasteiger partial charge in [0.15, 0.2) is 0 Å². The number of benzene rings is 3. The van der Waals surface area contributed by atoms with Gasteiger partial charge in [-0.1, -0.05) is 145 Å². The van der Waals surface area contributed by atoms with Gasteiger partial charge in [0.25, 0.3) is 0 Å². The molecule has 0 fully saturated rings. The molecular formula is C42H57NS. The van der Waals surface area contributed by atoms with E-state index in [4.69, 9.17) is 0 Å². The summed E-state index contributed by atoms with van der Waals surface area (Å²) in [6.45, 7) is 30.6. The van der Waals surface area contributed by atoms with Gasteiger partial charge in [0.2, 0.25) is 0 Å². The summed E-state index contributed by atoms with van der Waals surface area (Å²) in [7, 11) is 0. The molecule has 1 nitrogen and oxygen atoms in total. The monoisotopic (exact) mass is 607 g/mol. The fourth-order valence-corrected chi connectivity index (χ4v) is 7.95. The minimum Gasteiger partial charge on any atom is -0.333 e. The predicted octanol–water partition coefficient (Wildman–Crippen LogP) is 12.8. The molecule has 1 aliphatic carbocycles. The van der Waals surface area contributed by atoms with Crippen LogP contribution in [0.25, 0.3) is 22.3 Å². The fourth-order valence-electron chi connectivity index (χ4n) is 6.62. The third-order valence-corrected chi connectivity index (χ3v) is 11.1. The number of anilines is 1. The summed E-state index contributed by atoms with van der Waals surface area (Å²) in [5.41, 5.74) is 14.2. The number of para-hydroxylation sites is 1. The number of rotatable bonds is 3. The van der Waals surface area contributed by atoms with Gasteiger partial charge in [-0.3, -0.25) is 0 Å². The Morgan fingerprint density at radius 1 is 0.614 bits per heavy atom. The van der Waals surface area contributed by atoms with Gasteiger partial charge in [-0.15, -0.1) is 11.8 Å². The van der Waals surface area contributed by atoms with E-state index in [0.717, 1.165) is 5.88 Å². The van der Waals surface area contributed by atoms with Gasteiger partial charge in [-0.2, -0.15) is 0 Å². The van der Waals surface area contributed by atoms with E-state index in [0.29, 0.717) is 5.92 Å². The first kappa shape index (κ1) is 32.9. The van der Waals surface area contributed by atoms with Crippen molar-refractivity contribution in [2.75, 3.05) is 10.8 Å². The Kier molecular flexibility index (Phi) is 8.54. The van der Waals surface area contributed by atoms with E-state index >= 15 is 0 Å². The molecule has 3 aromatic carbocycles. The van der Waals surface area contributed by atoms with Crippen molar-refractivity contribution < 1.29 is 0 Å². The van der Waals surface area contributed by atoms with Gasteiger partial charge < -0.3 is 4.90 Å². The van der Waals surface area contributed by atoms with Crippen molar-refractivity contribution in [1.29, 1.82) is 0 Å². The van der Waals surface area contributed by atoms with Crippen molar-refractivity contribution in [3.05, 3.63) is 87.5 Å². The minimum absolute atomic E-state index is 0.0639. The molecule has 0 spiro atoms. The zero-order valence-corrected chi connectivity index (χ0v) is 30.8. The summed E-state index contributed by atoms with van der Waals surface area (Å²) in [6.07, 6.45) is 3.75. The van der Waals surface area contributed by atoms with Crippen molar-refractivity contribution in [3.8, 4) is 22.3 Å². The molecule has 0 saturated carbocycles. The highest BCUT2D eigenvalue weighted by Crippen LogP contribution is 2.51. The second-order valence-electron chi connectivity index (χ2n) is 17.6. The third-order valence-electron chi connectivity index (χ3n) is 9.72. The van der Waals surface area contributed by atoms with Crippen LogP contribution in [-0.4, -0.2) is 5.88 Å². The SMILES string of the molecule is CC1CCCC2=C1SCN2c1c(-c2cc(C(C)(C)C)cc(C(C)(C)C)c2)cccc1-c1cc(C(C)(C)C)cc(C(C)(C)C)c1. The van der Waals surface area contributed by atoms with Crippen molar-refractivity contribution >= 4 is 17.4 Å². The second-order valence-corrected chi connectivity index (χ2v) is 18.6. The number of hydrogen-bond donors (Lipinski definition) is 0. The first-order valence-corrected chi connectivity index (χ1v) is 17.8. The molecule has 5 rings (SSSR count). The van der Waals surface area contributed by atoms with E-state index in [2.05, 4.69) is 161 Å². The van der Waals surface area contributed by atoms with E-state index < -0.39 is 0 Å². The van der Waals surface area contributed by atoms with Crippen LogP contribution >= 0.6 is 11.8 Å². The molecule has 1 aliphatic heterocycles. The van der Waals surface area contributed by atoms with Crippen LogP contribution in [0.3, 0.4) is 0 Å². The Labute approximate surface area is 273 Å². The maximum Gasteiger partial charge on any atom is 0.0729 e. The lowest BCUT2D eigenvalue weighted by molar-refractivity contribution is 0.556. The molecular weight excluding hydrogens is 551 g/mol. The molecule has 0 saturated heterocycles. The zero-order valence-electron chi connectivity index (χ0n) is 30.0. The van der Waals surface area contributed by atoms with Crippen molar-refractivity contribution in [1.82, 2.24) is 0 Å². The lowest BCUT2D eigenvalue weighted by Gasteiger charge is -2.32. The molecule has 3 aromatic rings. The molecule has 236 valence electrons. The van der Waals surface area contributed by atoms with Gasteiger partial charge in [0.1, 0.15) is 0 Å². The lowest BCUT2D eigenvalue weighted by atomic mass is 9.77. The zero-order chi connectivity index (χ0) is 32.4. The predicted molar refractivity (Wildman–Crippen MR) is 197 cm³/mol. The Hall–Kier alpha value is -2.45. The van der Waals surface area contributed by atoms with E-state index in [1.807, 2.05) is 0 Å². The molecule has 1 atom stereocenters. The number of thioether (sulfide) groups is 1. The maximum atomic E-state index is 2.71. The van der Waals surface area contributed by atoms with Crippen LogP contribution in [0.4, 0.5) is 5.69 Å². The quantitative estimate of drug-likeness (QED) is 0.291. The Morgan fingerprint density at radius 2 is 1.02 bits per heavy atom. The van der Waals surface area contributed by atoms with Crippen molar-refractivity contribution in [3.63, 3.8) is 0 Å². The summed E-state index contributed by atoms with van der Waals surface area (Å²) in [5.74, 6) is 1.65. The Balaban J connectivity index is 1.86. The summed E-state index contributed by atoms with van der Waals surface area (Å²) < 4.78 is 0. The first-order valence-electron chi connectivity index (χ1n) is 16.8. The highest BCUT2D eigenvalue weighted by molar-refractivity contribution is 8.03. The molecule has 0 N–H and O–H groups in total.